The predicted octanol–water partition coefficient (Wildman–Crippen LogP) is 3.90. The van der Waals surface area contributed by atoms with E-state index in [9.17, 15) is 9.59 Å². The van der Waals surface area contributed by atoms with Gasteiger partial charge in [0.2, 0.25) is 11.8 Å². The van der Waals surface area contributed by atoms with Crippen LogP contribution in [0.4, 0.5) is 5.69 Å². The van der Waals surface area contributed by atoms with E-state index < -0.39 is 6.04 Å². The largest absolute Gasteiger partial charge is 0.494 e. The molecule has 1 atom stereocenters. The average molecular weight is 422 g/mol. The highest BCUT2D eigenvalue weighted by atomic mass is 32.2. The summed E-state index contributed by atoms with van der Waals surface area (Å²) in [5, 5.41) is 11.7. The molecule has 1 N–H and O–H groups in total. The highest BCUT2D eigenvalue weighted by molar-refractivity contribution is 7.99. The van der Waals surface area contributed by atoms with Crippen LogP contribution in [0.5, 0.6) is 5.75 Å². The zero-order chi connectivity index (χ0) is 21.3. The molecular weight excluding hydrogens is 398 g/mol. The summed E-state index contributed by atoms with van der Waals surface area (Å²) in [5.41, 5.74) is 2.01. The first-order valence-corrected chi connectivity index (χ1v) is 10.9. The van der Waals surface area contributed by atoms with Gasteiger partial charge in [0.05, 0.1) is 24.1 Å². The maximum Gasteiger partial charge on any atom is 0.248 e. The Balaban J connectivity index is 1.59. The zero-order valence-electron chi connectivity index (χ0n) is 16.7. The number of amides is 2. The quantitative estimate of drug-likeness (QED) is 0.686. The van der Waals surface area contributed by atoms with Crippen molar-refractivity contribution in [2.75, 3.05) is 23.6 Å². The normalized spacial score (nSPS) is 15.7. The van der Waals surface area contributed by atoms with Crippen LogP contribution in [0, 0.1) is 11.3 Å². The maximum absolute atomic E-state index is 12.7. The summed E-state index contributed by atoms with van der Waals surface area (Å²) in [6.07, 6.45) is 4.18. The maximum atomic E-state index is 12.7. The van der Waals surface area contributed by atoms with Crippen molar-refractivity contribution in [2.24, 2.45) is 0 Å². The van der Waals surface area contributed by atoms with E-state index in [4.69, 9.17) is 10.00 Å². The topological polar surface area (TPSA) is 82.4 Å². The van der Waals surface area contributed by atoms with Crippen LogP contribution in [0.1, 0.15) is 24.5 Å². The standard InChI is InChI=1S/C23H23N3O3S/c1-2-13-29-20-10-5-17(6-11-20)7-12-22(27)26-16-30-15-21(26)23(28)25-19-8-3-18(14-24)4-9-19/h3-12,21H,2,13,15-16H2,1H3,(H,25,28)/b12-7+. The summed E-state index contributed by atoms with van der Waals surface area (Å²) in [6, 6.07) is 15.7. The van der Waals surface area contributed by atoms with Crippen LogP contribution >= 0.6 is 11.8 Å². The highest BCUT2D eigenvalue weighted by Crippen LogP contribution is 2.23. The molecule has 1 heterocycles. The van der Waals surface area contributed by atoms with Gasteiger partial charge in [-0.15, -0.1) is 11.8 Å². The third-order valence-electron chi connectivity index (χ3n) is 4.52. The number of hydrogen-bond donors (Lipinski definition) is 1. The number of rotatable bonds is 7. The molecule has 0 radical (unpaired) electrons. The minimum Gasteiger partial charge on any atom is -0.494 e. The van der Waals surface area contributed by atoms with Gasteiger partial charge in [-0.1, -0.05) is 19.1 Å². The minimum absolute atomic E-state index is 0.203. The molecule has 0 aliphatic carbocycles. The van der Waals surface area contributed by atoms with Crippen LogP contribution in [0.15, 0.2) is 54.6 Å². The van der Waals surface area contributed by atoms with Crippen molar-refractivity contribution in [3.63, 3.8) is 0 Å². The van der Waals surface area contributed by atoms with Gasteiger partial charge in [0, 0.05) is 17.5 Å². The molecule has 3 rings (SSSR count). The summed E-state index contributed by atoms with van der Waals surface area (Å²) < 4.78 is 5.56. The van der Waals surface area contributed by atoms with Crippen LogP contribution in [0.3, 0.4) is 0 Å². The number of benzene rings is 2. The molecule has 2 aromatic rings. The van der Waals surface area contributed by atoms with E-state index >= 15 is 0 Å². The molecule has 1 fully saturated rings. The molecule has 0 saturated carbocycles. The van der Waals surface area contributed by atoms with E-state index in [1.165, 1.54) is 6.08 Å². The molecule has 30 heavy (non-hydrogen) atoms. The van der Waals surface area contributed by atoms with E-state index in [0.29, 0.717) is 29.5 Å². The Morgan fingerprint density at radius 3 is 2.63 bits per heavy atom. The van der Waals surface area contributed by atoms with Crippen LogP contribution in [-0.2, 0) is 9.59 Å². The average Bonchev–Trinajstić information content (AvgIpc) is 3.27. The third kappa shape index (κ3) is 5.65. The highest BCUT2D eigenvalue weighted by Gasteiger charge is 2.33. The first kappa shape index (κ1) is 21.5. The van der Waals surface area contributed by atoms with Gasteiger partial charge in [-0.25, -0.2) is 0 Å². The van der Waals surface area contributed by atoms with Gasteiger partial charge < -0.3 is 15.0 Å². The van der Waals surface area contributed by atoms with Crippen LogP contribution in [0.25, 0.3) is 6.08 Å². The molecule has 0 bridgehead atoms. The monoisotopic (exact) mass is 421 g/mol. The van der Waals surface area contributed by atoms with E-state index in [2.05, 4.69) is 12.2 Å². The molecule has 1 aliphatic rings. The van der Waals surface area contributed by atoms with E-state index in [1.807, 2.05) is 30.3 Å². The SMILES string of the molecule is CCCOc1ccc(/C=C/C(=O)N2CSCC2C(=O)Nc2ccc(C#N)cc2)cc1. The lowest BCUT2D eigenvalue weighted by Gasteiger charge is -2.21. The van der Waals surface area contributed by atoms with Crippen molar-refractivity contribution in [1.82, 2.24) is 4.90 Å². The van der Waals surface area contributed by atoms with Crippen LogP contribution < -0.4 is 10.1 Å². The number of thioether (sulfide) groups is 1. The van der Waals surface area contributed by atoms with E-state index in [0.717, 1.165) is 17.7 Å². The van der Waals surface area contributed by atoms with Crippen LogP contribution in [-0.4, -0.2) is 41.0 Å². The number of carbonyl (C=O) groups excluding carboxylic acids is 2. The second-order valence-corrected chi connectivity index (χ2v) is 7.75. The van der Waals surface area contributed by atoms with E-state index in [-0.39, 0.29) is 11.8 Å². The smallest absolute Gasteiger partial charge is 0.248 e. The van der Waals surface area contributed by atoms with Crippen molar-refractivity contribution in [1.29, 1.82) is 5.26 Å². The molecule has 1 saturated heterocycles. The minimum atomic E-state index is -0.535. The van der Waals surface area contributed by atoms with Gasteiger partial charge in [-0.05, 0) is 54.5 Å². The summed E-state index contributed by atoms with van der Waals surface area (Å²) in [7, 11) is 0. The Kier molecular flexibility index (Phi) is 7.52. The molecule has 0 spiro atoms. The van der Waals surface area contributed by atoms with Gasteiger partial charge in [0.15, 0.2) is 0 Å². The number of carbonyl (C=O) groups is 2. The molecule has 1 aliphatic heterocycles. The number of hydrogen-bond acceptors (Lipinski definition) is 5. The lowest BCUT2D eigenvalue weighted by molar-refractivity contribution is -0.132. The molecule has 0 aromatic heterocycles. The first-order valence-electron chi connectivity index (χ1n) is 9.71. The van der Waals surface area contributed by atoms with E-state index in [1.54, 1.807) is 47.0 Å². The molecule has 154 valence electrons. The first-order chi connectivity index (χ1) is 14.6. The lowest BCUT2D eigenvalue weighted by Crippen LogP contribution is -2.43. The second kappa shape index (κ2) is 10.5. The summed E-state index contributed by atoms with van der Waals surface area (Å²) in [4.78, 5) is 26.9. The molecule has 2 aromatic carbocycles. The Hall–Kier alpha value is -3.24. The number of nitriles is 1. The van der Waals surface area contributed by atoms with Gasteiger partial charge in [-0.3, -0.25) is 9.59 Å². The Labute approximate surface area is 180 Å². The van der Waals surface area contributed by atoms with Gasteiger partial charge in [-0.2, -0.15) is 5.26 Å². The second-order valence-electron chi connectivity index (χ2n) is 6.75. The molecule has 1 unspecified atom stereocenters. The fraction of sp³-hybridized carbons (Fsp3) is 0.261. The van der Waals surface area contributed by atoms with Crippen molar-refractivity contribution in [3.8, 4) is 11.8 Å². The summed E-state index contributed by atoms with van der Waals surface area (Å²) in [5.74, 6) is 1.38. The number of nitrogens with one attached hydrogen (secondary N) is 1. The van der Waals surface area contributed by atoms with Crippen molar-refractivity contribution in [3.05, 3.63) is 65.7 Å². The number of ether oxygens (including phenoxy) is 1. The van der Waals surface area contributed by atoms with Gasteiger partial charge >= 0.3 is 0 Å². The third-order valence-corrected chi connectivity index (χ3v) is 5.53. The number of anilines is 1. The van der Waals surface area contributed by atoms with Crippen molar-refractivity contribution >= 4 is 35.3 Å². The fourth-order valence-electron chi connectivity index (χ4n) is 2.89. The molecule has 6 nitrogen and oxygen atoms in total. The molecular formula is C23H23N3O3S. The Morgan fingerprint density at radius 2 is 1.97 bits per heavy atom. The van der Waals surface area contributed by atoms with Crippen LogP contribution in [0.2, 0.25) is 0 Å². The predicted molar refractivity (Wildman–Crippen MR) is 119 cm³/mol. The van der Waals surface area contributed by atoms with Crippen molar-refractivity contribution < 1.29 is 14.3 Å². The van der Waals surface area contributed by atoms with Gasteiger partial charge in [0.1, 0.15) is 11.8 Å². The summed E-state index contributed by atoms with van der Waals surface area (Å²) in [6.45, 7) is 2.73. The van der Waals surface area contributed by atoms with Gasteiger partial charge in [0.25, 0.3) is 0 Å². The zero-order valence-corrected chi connectivity index (χ0v) is 17.5. The number of nitrogens with zero attached hydrogens (tertiary/aromatic N) is 2. The molecule has 2 amide bonds. The Bertz CT molecular complexity index is 949. The lowest BCUT2D eigenvalue weighted by atomic mass is 10.2. The summed E-state index contributed by atoms with van der Waals surface area (Å²) >= 11 is 1.55. The fourth-order valence-corrected chi connectivity index (χ4v) is 4.05. The molecule has 7 heteroatoms. The van der Waals surface area contributed by atoms with Crippen molar-refractivity contribution in [2.45, 2.75) is 19.4 Å². The Morgan fingerprint density at radius 1 is 1.23 bits per heavy atom.